The zero-order valence-electron chi connectivity index (χ0n) is 11.5. The number of fused-ring (bicyclic) bond motifs is 1. The summed E-state index contributed by atoms with van der Waals surface area (Å²) in [5, 5.41) is 4.45. The van der Waals surface area contributed by atoms with Gasteiger partial charge in [-0.1, -0.05) is 18.2 Å². The fourth-order valence-corrected chi connectivity index (χ4v) is 2.38. The van der Waals surface area contributed by atoms with Crippen LogP contribution in [0.5, 0.6) is 0 Å². The average Bonchev–Trinajstić information content (AvgIpc) is 2.48. The first-order valence-corrected chi connectivity index (χ1v) is 6.59. The predicted octanol–water partition coefficient (Wildman–Crippen LogP) is 2.64. The Balaban J connectivity index is 2.07. The normalized spacial score (nSPS) is 12.5. The molecule has 0 radical (unpaired) electrons. The lowest BCUT2D eigenvalue weighted by Gasteiger charge is -2.16. The van der Waals surface area contributed by atoms with Crippen LogP contribution in [0.3, 0.4) is 0 Å². The molecule has 0 aliphatic heterocycles. The Morgan fingerprint density at radius 1 is 1.05 bits per heavy atom. The van der Waals surface area contributed by atoms with Gasteiger partial charge in [-0.05, 0) is 37.7 Å². The van der Waals surface area contributed by atoms with E-state index in [0.717, 1.165) is 28.0 Å². The lowest BCUT2D eigenvalue weighted by atomic mass is 10.0. The molecule has 0 amide bonds. The molecule has 1 aromatic carbocycles. The molecule has 20 heavy (non-hydrogen) atoms. The minimum atomic E-state index is 0.0445. The molecule has 4 nitrogen and oxygen atoms in total. The third kappa shape index (κ3) is 2.38. The summed E-state index contributed by atoms with van der Waals surface area (Å²) in [4.78, 5) is 13.1. The van der Waals surface area contributed by atoms with Crippen molar-refractivity contribution in [3.63, 3.8) is 0 Å². The molecule has 0 fully saturated rings. The molecule has 3 rings (SSSR count). The topological polar surface area (TPSA) is 50.7 Å². The molecule has 1 unspecified atom stereocenters. The van der Waals surface area contributed by atoms with Crippen molar-refractivity contribution >= 4 is 10.9 Å². The number of rotatable bonds is 3. The van der Waals surface area contributed by atoms with Crippen molar-refractivity contribution in [1.29, 1.82) is 0 Å². The molecule has 1 N–H and O–H groups in total. The van der Waals surface area contributed by atoms with Gasteiger partial charge >= 0.3 is 0 Å². The predicted molar refractivity (Wildman–Crippen MR) is 79.4 cm³/mol. The van der Waals surface area contributed by atoms with Gasteiger partial charge < -0.3 is 5.32 Å². The molecular formula is C16H16N4. The van der Waals surface area contributed by atoms with Crippen LogP contribution in [0.2, 0.25) is 0 Å². The van der Waals surface area contributed by atoms with Crippen molar-refractivity contribution in [2.75, 3.05) is 7.05 Å². The van der Waals surface area contributed by atoms with E-state index in [9.17, 15) is 0 Å². The summed E-state index contributed by atoms with van der Waals surface area (Å²) in [6.07, 6.45) is 3.61. The van der Waals surface area contributed by atoms with Crippen LogP contribution < -0.4 is 5.32 Å². The van der Waals surface area contributed by atoms with E-state index < -0.39 is 0 Å². The van der Waals surface area contributed by atoms with Crippen LogP contribution in [0.25, 0.3) is 10.9 Å². The molecule has 0 saturated heterocycles. The number of hydrogen-bond donors (Lipinski definition) is 1. The fraction of sp³-hybridized carbons (Fsp3) is 0.188. The third-order valence-electron chi connectivity index (χ3n) is 3.35. The van der Waals surface area contributed by atoms with Crippen molar-refractivity contribution < 1.29 is 0 Å². The van der Waals surface area contributed by atoms with Crippen LogP contribution >= 0.6 is 0 Å². The Morgan fingerprint density at radius 3 is 2.75 bits per heavy atom. The van der Waals surface area contributed by atoms with E-state index in [1.807, 2.05) is 32.3 Å². The van der Waals surface area contributed by atoms with Crippen molar-refractivity contribution in [1.82, 2.24) is 20.3 Å². The van der Waals surface area contributed by atoms with Crippen molar-refractivity contribution in [2.45, 2.75) is 13.0 Å². The average molecular weight is 264 g/mol. The number of hydrogen-bond acceptors (Lipinski definition) is 4. The number of benzene rings is 1. The maximum Gasteiger partial charge on any atom is 0.125 e. The van der Waals surface area contributed by atoms with Crippen molar-refractivity contribution in [2.24, 2.45) is 0 Å². The molecule has 0 aliphatic carbocycles. The van der Waals surface area contributed by atoms with Crippen LogP contribution in [-0.4, -0.2) is 22.0 Å². The van der Waals surface area contributed by atoms with Gasteiger partial charge in [0.25, 0.3) is 0 Å². The second kappa shape index (κ2) is 5.35. The van der Waals surface area contributed by atoms with Crippen molar-refractivity contribution in [3.8, 4) is 0 Å². The minimum absolute atomic E-state index is 0.0445. The summed E-state index contributed by atoms with van der Waals surface area (Å²) >= 11 is 0. The Morgan fingerprint density at radius 2 is 1.95 bits per heavy atom. The lowest BCUT2D eigenvalue weighted by molar-refractivity contribution is 0.665. The number of aryl methyl sites for hydroxylation is 1. The van der Waals surface area contributed by atoms with Gasteiger partial charge in [0.1, 0.15) is 5.82 Å². The van der Waals surface area contributed by atoms with E-state index >= 15 is 0 Å². The van der Waals surface area contributed by atoms with Gasteiger partial charge in [0, 0.05) is 17.8 Å². The van der Waals surface area contributed by atoms with Gasteiger partial charge in [-0.3, -0.25) is 4.98 Å². The molecule has 0 aliphatic rings. The molecule has 3 aromatic rings. The second-order valence-corrected chi connectivity index (χ2v) is 4.71. The number of nitrogens with zero attached hydrogens (tertiary/aromatic N) is 3. The fourth-order valence-electron chi connectivity index (χ4n) is 2.38. The zero-order valence-corrected chi connectivity index (χ0v) is 11.5. The standard InChI is InChI=1S/C16H16N4/c1-11-18-9-7-14(20-11)16(17-2)13-6-5-12-4-3-8-19-15(12)10-13/h3-10,16-17H,1-2H3. The van der Waals surface area contributed by atoms with Gasteiger partial charge in [-0.2, -0.15) is 0 Å². The van der Waals surface area contributed by atoms with Crippen molar-refractivity contribution in [3.05, 3.63) is 65.9 Å². The summed E-state index contributed by atoms with van der Waals surface area (Å²) in [6, 6.07) is 12.3. The maximum atomic E-state index is 4.51. The molecule has 100 valence electrons. The Hall–Kier alpha value is -2.33. The number of pyridine rings is 1. The summed E-state index contributed by atoms with van der Waals surface area (Å²) in [7, 11) is 1.94. The smallest absolute Gasteiger partial charge is 0.125 e. The highest BCUT2D eigenvalue weighted by Gasteiger charge is 2.14. The molecule has 2 aromatic heterocycles. The first-order valence-electron chi connectivity index (χ1n) is 6.59. The zero-order chi connectivity index (χ0) is 13.9. The Labute approximate surface area is 117 Å². The maximum absolute atomic E-state index is 4.51. The summed E-state index contributed by atoms with van der Waals surface area (Å²) < 4.78 is 0. The Kier molecular flexibility index (Phi) is 3.39. The van der Waals surface area contributed by atoms with Gasteiger partial charge in [0.15, 0.2) is 0 Å². The van der Waals surface area contributed by atoms with E-state index in [1.165, 1.54) is 0 Å². The van der Waals surface area contributed by atoms with E-state index in [-0.39, 0.29) is 6.04 Å². The van der Waals surface area contributed by atoms with Crippen LogP contribution in [-0.2, 0) is 0 Å². The molecule has 2 heterocycles. The van der Waals surface area contributed by atoms with Crippen LogP contribution in [0, 0.1) is 6.92 Å². The second-order valence-electron chi connectivity index (χ2n) is 4.71. The molecule has 0 saturated carbocycles. The summed E-state index contributed by atoms with van der Waals surface area (Å²) in [6.45, 7) is 1.90. The van der Waals surface area contributed by atoms with E-state index in [2.05, 4.69) is 44.5 Å². The first-order chi connectivity index (χ1) is 9.78. The molecule has 4 heteroatoms. The van der Waals surface area contributed by atoms with Crippen LogP contribution in [0.4, 0.5) is 0 Å². The molecule has 0 bridgehead atoms. The first kappa shape index (κ1) is 12.7. The number of aromatic nitrogens is 3. The highest BCUT2D eigenvalue weighted by Crippen LogP contribution is 2.23. The molecule has 0 spiro atoms. The van der Waals surface area contributed by atoms with E-state index in [1.54, 1.807) is 6.20 Å². The third-order valence-corrected chi connectivity index (χ3v) is 3.35. The highest BCUT2D eigenvalue weighted by molar-refractivity contribution is 5.79. The monoisotopic (exact) mass is 264 g/mol. The van der Waals surface area contributed by atoms with Gasteiger partial charge in [-0.25, -0.2) is 9.97 Å². The Bertz CT molecular complexity index is 739. The molecular weight excluding hydrogens is 248 g/mol. The van der Waals surface area contributed by atoms with Crippen LogP contribution in [0.15, 0.2) is 48.8 Å². The van der Waals surface area contributed by atoms with Crippen LogP contribution in [0.1, 0.15) is 23.1 Å². The minimum Gasteiger partial charge on any atom is -0.308 e. The van der Waals surface area contributed by atoms with E-state index in [0.29, 0.717) is 0 Å². The quantitative estimate of drug-likeness (QED) is 0.790. The summed E-state index contributed by atoms with van der Waals surface area (Å²) in [5.74, 6) is 0.779. The lowest BCUT2D eigenvalue weighted by Crippen LogP contribution is -2.19. The largest absolute Gasteiger partial charge is 0.308 e. The van der Waals surface area contributed by atoms with E-state index in [4.69, 9.17) is 0 Å². The molecule has 1 atom stereocenters. The summed E-state index contributed by atoms with van der Waals surface area (Å²) in [5.41, 5.74) is 3.11. The van der Waals surface area contributed by atoms with Gasteiger partial charge in [0.05, 0.1) is 17.3 Å². The van der Waals surface area contributed by atoms with Gasteiger partial charge in [0.2, 0.25) is 0 Å². The van der Waals surface area contributed by atoms with Gasteiger partial charge in [-0.15, -0.1) is 0 Å². The number of nitrogens with one attached hydrogen (secondary N) is 1. The highest BCUT2D eigenvalue weighted by atomic mass is 14.9. The SMILES string of the molecule is CNC(c1ccc2cccnc2c1)c1ccnc(C)n1.